The minimum Gasteiger partial charge on any atom is -0.457 e. The van der Waals surface area contributed by atoms with E-state index in [0.717, 1.165) is 28.0 Å². The maximum absolute atomic E-state index is 5.83. The summed E-state index contributed by atoms with van der Waals surface area (Å²) in [5, 5.41) is 0. The van der Waals surface area contributed by atoms with Gasteiger partial charge in [0, 0.05) is 11.0 Å². The van der Waals surface area contributed by atoms with E-state index in [4.69, 9.17) is 10.5 Å². The summed E-state index contributed by atoms with van der Waals surface area (Å²) >= 11 is 3.49. The van der Waals surface area contributed by atoms with E-state index in [1.165, 1.54) is 5.56 Å². The molecule has 0 atom stereocenters. The van der Waals surface area contributed by atoms with Crippen molar-refractivity contribution >= 4 is 15.9 Å². The van der Waals surface area contributed by atoms with Crippen molar-refractivity contribution in [1.82, 2.24) is 0 Å². The fraction of sp³-hybridized carbons (Fsp3) is 0.200. The monoisotopic (exact) mass is 305 g/mol. The molecule has 94 valence electrons. The minimum atomic E-state index is 0.520. The molecule has 0 saturated heterocycles. The molecule has 0 fully saturated rings. The lowest BCUT2D eigenvalue weighted by atomic mass is 10.1. The van der Waals surface area contributed by atoms with Crippen molar-refractivity contribution in [3.63, 3.8) is 0 Å². The molecule has 0 aliphatic rings. The highest BCUT2D eigenvalue weighted by Crippen LogP contribution is 2.27. The predicted octanol–water partition coefficient (Wildman–Crippen LogP) is 4.26. The smallest absolute Gasteiger partial charge is 0.128 e. The van der Waals surface area contributed by atoms with E-state index in [1.54, 1.807) is 0 Å². The molecule has 2 rings (SSSR count). The zero-order valence-electron chi connectivity index (χ0n) is 10.3. The van der Waals surface area contributed by atoms with E-state index in [2.05, 4.69) is 35.0 Å². The lowest BCUT2D eigenvalue weighted by Gasteiger charge is -2.09. The van der Waals surface area contributed by atoms with Crippen LogP contribution in [0.1, 0.15) is 18.1 Å². The van der Waals surface area contributed by atoms with Crippen molar-refractivity contribution in [2.75, 3.05) is 0 Å². The topological polar surface area (TPSA) is 35.2 Å². The summed E-state index contributed by atoms with van der Waals surface area (Å²) in [4.78, 5) is 0. The number of rotatable bonds is 4. The number of halogens is 1. The first-order valence-corrected chi connectivity index (χ1v) is 6.77. The summed E-state index contributed by atoms with van der Waals surface area (Å²) in [6.07, 6.45) is 1.01. The van der Waals surface area contributed by atoms with Gasteiger partial charge in [-0.1, -0.05) is 41.1 Å². The summed E-state index contributed by atoms with van der Waals surface area (Å²) in [6, 6.07) is 14.0. The SMILES string of the molecule is CCc1cccc(Oc2ccc(CN)c(Br)c2)c1. The third-order valence-electron chi connectivity index (χ3n) is 2.79. The summed E-state index contributed by atoms with van der Waals surface area (Å²) < 4.78 is 6.81. The molecule has 0 aliphatic heterocycles. The molecule has 2 aromatic carbocycles. The average Bonchev–Trinajstić information content (AvgIpc) is 2.39. The largest absolute Gasteiger partial charge is 0.457 e. The van der Waals surface area contributed by atoms with Crippen LogP contribution < -0.4 is 10.5 Å². The zero-order valence-corrected chi connectivity index (χ0v) is 11.9. The first-order valence-electron chi connectivity index (χ1n) is 5.98. The first kappa shape index (κ1) is 13.1. The molecule has 0 radical (unpaired) electrons. The molecule has 3 heteroatoms. The summed E-state index contributed by atoms with van der Waals surface area (Å²) in [5.74, 6) is 1.68. The van der Waals surface area contributed by atoms with Gasteiger partial charge in [0.2, 0.25) is 0 Å². The van der Waals surface area contributed by atoms with Gasteiger partial charge in [-0.15, -0.1) is 0 Å². The Morgan fingerprint density at radius 3 is 2.56 bits per heavy atom. The molecule has 0 aromatic heterocycles. The predicted molar refractivity (Wildman–Crippen MR) is 77.9 cm³/mol. The summed E-state index contributed by atoms with van der Waals surface area (Å²) in [6.45, 7) is 2.65. The van der Waals surface area contributed by atoms with E-state index in [-0.39, 0.29) is 0 Å². The molecule has 2 aromatic rings. The maximum atomic E-state index is 5.83. The van der Waals surface area contributed by atoms with E-state index >= 15 is 0 Å². The number of nitrogens with two attached hydrogens (primary N) is 1. The second-order valence-corrected chi connectivity index (χ2v) is 4.91. The molecule has 0 unspecified atom stereocenters. The molecule has 0 amide bonds. The van der Waals surface area contributed by atoms with Gasteiger partial charge < -0.3 is 10.5 Å². The Morgan fingerprint density at radius 1 is 1.11 bits per heavy atom. The molecular formula is C15H16BrNO. The van der Waals surface area contributed by atoms with Crippen LogP contribution in [0.15, 0.2) is 46.9 Å². The van der Waals surface area contributed by atoms with Gasteiger partial charge in [-0.25, -0.2) is 0 Å². The first-order chi connectivity index (χ1) is 8.72. The van der Waals surface area contributed by atoms with E-state index in [1.807, 2.05) is 30.3 Å². The molecule has 2 N–H and O–H groups in total. The molecule has 0 aliphatic carbocycles. The highest BCUT2D eigenvalue weighted by atomic mass is 79.9. The van der Waals surface area contributed by atoms with Gasteiger partial charge in [0.15, 0.2) is 0 Å². The van der Waals surface area contributed by atoms with Crippen LogP contribution in [0.2, 0.25) is 0 Å². The highest BCUT2D eigenvalue weighted by Gasteiger charge is 2.02. The molecule has 0 heterocycles. The Kier molecular flexibility index (Phi) is 4.39. The normalized spacial score (nSPS) is 10.4. The summed E-state index contributed by atoms with van der Waals surface area (Å²) in [7, 11) is 0. The van der Waals surface area contributed by atoms with Crippen molar-refractivity contribution in [2.45, 2.75) is 19.9 Å². The van der Waals surface area contributed by atoms with Gasteiger partial charge in [0.25, 0.3) is 0 Å². The van der Waals surface area contributed by atoms with Crippen molar-refractivity contribution in [2.24, 2.45) is 5.73 Å². The van der Waals surface area contributed by atoms with Gasteiger partial charge in [0.05, 0.1) is 0 Å². The fourth-order valence-corrected chi connectivity index (χ4v) is 2.24. The van der Waals surface area contributed by atoms with E-state index < -0.39 is 0 Å². The van der Waals surface area contributed by atoms with Gasteiger partial charge in [0.1, 0.15) is 11.5 Å². The zero-order chi connectivity index (χ0) is 13.0. The van der Waals surface area contributed by atoms with Gasteiger partial charge in [-0.3, -0.25) is 0 Å². The Labute approximate surface area is 116 Å². The van der Waals surface area contributed by atoms with Gasteiger partial charge >= 0.3 is 0 Å². The van der Waals surface area contributed by atoms with E-state index in [0.29, 0.717) is 6.54 Å². The molecule has 0 bridgehead atoms. The lowest BCUT2D eigenvalue weighted by molar-refractivity contribution is 0.481. The number of hydrogen-bond donors (Lipinski definition) is 1. The average molecular weight is 306 g/mol. The number of hydrogen-bond acceptors (Lipinski definition) is 2. The minimum absolute atomic E-state index is 0.520. The lowest BCUT2D eigenvalue weighted by Crippen LogP contribution is -1.97. The molecular weight excluding hydrogens is 290 g/mol. The summed E-state index contributed by atoms with van der Waals surface area (Å²) in [5.41, 5.74) is 7.96. The van der Waals surface area contributed by atoms with Gasteiger partial charge in [-0.2, -0.15) is 0 Å². The molecule has 18 heavy (non-hydrogen) atoms. The highest BCUT2D eigenvalue weighted by molar-refractivity contribution is 9.10. The Balaban J connectivity index is 2.20. The molecule has 0 spiro atoms. The van der Waals surface area contributed by atoms with Crippen molar-refractivity contribution in [1.29, 1.82) is 0 Å². The maximum Gasteiger partial charge on any atom is 0.128 e. The van der Waals surface area contributed by atoms with Gasteiger partial charge in [-0.05, 0) is 41.8 Å². The third kappa shape index (κ3) is 3.12. The standard InChI is InChI=1S/C15H16BrNO/c1-2-11-4-3-5-13(8-11)18-14-7-6-12(10-17)15(16)9-14/h3-9H,2,10,17H2,1H3. The van der Waals surface area contributed by atoms with Crippen molar-refractivity contribution in [3.05, 3.63) is 58.1 Å². The quantitative estimate of drug-likeness (QED) is 0.916. The molecule has 2 nitrogen and oxygen atoms in total. The molecule has 0 saturated carbocycles. The van der Waals surface area contributed by atoms with Crippen LogP contribution >= 0.6 is 15.9 Å². The number of benzene rings is 2. The second kappa shape index (κ2) is 6.03. The van der Waals surface area contributed by atoms with Crippen LogP contribution in [-0.4, -0.2) is 0 Å². The van der Waals surface area contributed by atoms with Crippen LogP contribution in [0.4, 0.5) is 0 Å². The number of aryl methyl sites for hydroxylation is 1. The van der Waals surface area contributed by atoms with Crippen LogP contribution in [0.3, 0.4) is 0 Å². The van der Waals surface area contributed by atoms with Crippen molar-refractivity contribution in [3.8, 4) is 11.5 Å². The van der Waals surface area contributed by atoms with Crippen molar-refractivity contribution < 1.29 is 4.74 Å². The van der Waals surface area contributed by atoms with E-state index in [9.17, 15) is 0 Å². The number of ether oxygens (including phenoxy) is 1. The van der Waals surface area contributed by atoms with Crippen LogP contribution in [0.5, 0.6) is 11.5 Å². The van der Waals surface area contributed by atoms with Crippen LogP contribution in [0.25, 0.3) is 0 Å². The second-order valence-electron chi connectivity index (χ2n) is 4.06. The Morgan fingerprint density at radius 2 is 1.89 bits per heavy atom. The third-order valence-corrected chi connectivity index (χ3v) is 3.53. The Bertz CT molecular complexity index is 540. The Hall–Kier alpha value is -1.32. The van der Waals surface area contributed by atoms with Crippen LogP contribution in [-0.2, 0) is 13.0 Å². The van der Waals surface area contributed by atoms with Crippen LogP contribution in [0, 0.1) is 0 Å². The fourth-order valence-electron chi connectivity index (χ4n) is 1.72.